The van der Waals surface area contributed by atoms with Gasteiger partial charge in [-0.25, -0.2) is 13.9 Å². The maximum Gasteiger partial charge on any atom is 0.331 e. The molecule has 1 aromatic heterocycles. The number of halogens is 2. The third kappa shape index (κ3) is 6.02. The number of benzene rings is 1. The number of likely N-dealkylation sites (N-methyl/N-ethyl adjacent to an activating group) is 1. The zero-order valence-corrected chi connectivity index (χ0v) is 17.4. The predicted octanol–water partition coefficient (Wildman–Crippen LogP) is 3.95. The Balaban J connectivity index is 2.04. The molecule has 0 saturated carbocycles. The summed E-state index contributed by atoms with van der Waals surface area (Å²) < 4.78 is 19.6. The van der Waals surface area contributed by atoms with Crippen LogP contribution in [0.25, 0.3) is 11.8 Å². The average molecular weight is 420 g/mol. The highest BCUT2D eigenvalue weighted by Gasteiger charge is 2.15. The zero-order valence-electron chi connectivity index (χ0n) is 16.6. The second-order valence-electron chi connectivity index (χ2n) is 6.48. The molecule has 0 aliphatic rings. The lowest BCUT2D eigenvalue weighted by atomic mass is 10.2. The SMILES string of the molecule is C=C(C)CN(CC)C(=O)COC(=O)/C=C/c1c(C)nn(-c2ccc(F)cc2)c1Cl. The van der Waals surface area contributed by atoms with Crippen molar-refractivity contribution in [2.45, 2.75) is 20.8 Å². The topological polar surface area (TPSA) is 64.4 Å². The fourth-order valence-electron chi connectivity index (χ4n) is 2.58. The Bertz CT molecular complexity index is 935. The Hall–Kier alpha value is -2.93. The summed E-state index contributed by atoms with van der Waals surface area (Å²) in [6, 6.07) is 5.71. The lowest BCUT2D eigenvalue weighted by Gasteiger charge is -2.20. The molecule has 0 fully saturated rings. The molecule has 0 aliphatic heterocycles. The molecule has 6 nitrogen and oxygen atoms in total. The zero-order chi connectivity index (χ0) is 21.6. The minimum absolute atomic E-state index is 0.271. The Morgan fingerprint density at radius 1 is 1.34 bits per heavy atom. The molecular weight excluding hydrogens is 397 g/mol. The summed E-state index contributed by atoms with van der Waals surface area (Å²) in [6.07, 6.45) is 2.66. The largest absolute Gasteiger partial charge is 0.452 e. The third-order valence-electron chi connectivity index (χ3n) is 4.04. The van der Waals surface area contributed by atoms with E-state index in [9.17, 15) is 14.0 Å². The van der Waals surface area contributed by atoms with Crippen LogP contribution < -0.4 is 0 Å². The average Bonchev–Trinajstić information content (AvgIpc) is 2.96. The minimum Gasteiger partial charge on any atom is -0.452 e. The number of aryl methyl sites for hydroxylation is 1. The van der Waals surface area contributed by atoms with Gasteiger partial charge in [0.15, 0.2) is 6.61 Å². The molecule has 0 unspecified atom stereocenters. The molecule has 0 spiro atoms. The molecule has 0 atom stereocenters. The monoisotopic (exact) mass is 419 g/mol. The summed E-state index contributed by atoms with van der Waals surface area (Å²) in [6.45, 7) is 9.73. The molecule has 2 aromatic rings. The Kier molecular flexibility index (Phi) is 7.73. The van der Waals surface area contributed by atoms with Gasteiger partial charge in [0.05, 0.1) is 11.4 Å². The van der Waals surface area contributed by atoms with Crippen molar-refractivity contribution in [1.29, 1.82) is 0 Å². The summed E-state index contributed by atoms with van der Waals surface area (Å²) in [5.41, 5.74) is 2.54. The van der Waals surface area contributed by atoms with E-state index in [0.717, 1.165) is 5.57 Å². The standard InChI is InChI=1S/C21H23ClFN3O3/c1-5-25(12-14(2)3)19(27)13-29-20(28)11-10-18-15(4)24-26(21(18)22)17-8-6-16(23)7-9-17/h6-11H,2,5,12-13H2,1,3-4H3/b11-10+. The van der Waals surface area contributed by atoms with Crippen molar-refractivity contribution in [3.8, 4) is 5.69 Å². The summed E-state index contributed by atoms with van der Waals surface area (Å²) >= 11 is 6.36. The molecule has 1 amide bonds. The number of nitrogens with zero attached hydrogens (tertiary/aromatic N) is 3. The fraction of sp³-hybridized carbons (Fsp3) is 0.286. The van der Waals surface area contributed by atoms with Gasteiger partial charge in [0, 0.05) is 24.7 Å². The maximum absolute atomic E-state index is 13.1. The second-order valence-corrected chi connectivity index (χ2v) is 6.84. The van der Waals surface area contributed by atoms with Gasteiger partial charge in [-0.1, -0.05) is 23.8 Å². The first kappa shape index (κ1) is 22.4. The van der Waals surface area contributed by atoms with Crippen LogP contribution in [0.15, 0.2) is 42.5 Å². The molecule has 1 aromatic carbocycles. The molecule has 0 radical (unpaired) electrons. The van der Waals surface area contributed by atoms with Crippen molar-refractivity contribution >= 4 is 29.6 Å². The van der Waals surface area contributed by atoms with Gasteiger partial charge in [-0.05, 0) is 51.1 Å². The predicted molar refractivity (Wildman–Crippen MR) is 110 cm³/mol. The first-order chi connectivity index (χ1) is 13.7. The number of carbonyl (C=O) groups is 2. The van der Waals surface area contributed by atoms with Crippen LogP contribution in [0.4, 0.5) is 4.39 Å². The van der Waals surface area contributed by atoms with Crippen molar-refractivity contribution in [3.63, 3.8) is 0 Å². The van der Waals surface area contributed by atoms with Crippen molar-refractivity contribution in [3.05, 3.63) is 64.7 Å². The number of ether oxygens (including phenoxy) is 1. The molecule has 2 rings (SSSR count). The summed E-state index contributed by atoms with van der Waals surface area (Å²) in [4.78, 5) is 25.6. The maximum atomic E-state index is 13.1. The van der Waals surface area contributed by atoms with E-state index >= 15 is 0 Å². The van der Waals surface area contributed by atoms with E-state index in [-0.39, 0.29) is 23.5 Å². The van der Waals surface area contributed by atoms with Crippen LogP contribution >= 0.6 is 11.6 Å². The highest BCUT2D eigenvalue weighted by molar-refractivity contribution is 6.31. The van der Waals surface area contributed by atoms with E-state index in [1.807, 2.05) is 13.8 Å². The summed E-state index contributed by atoms with van der Waals surface area (Å²) in [7, 11) is 0. The molecule has 0 aliphatic carbocycles. The molecule has 0 N–H and O–H groups in total. The minimum atomic E-state index is -0.672. The van der Waals surface area contributed by atoms with Crippen molar-refractivity contribution in [1.82, 2.24) is 14.7 Å². The fourth-order valence-corrected chi connectivity index (χ4v) is 2.91. The molecule has 154 valence electrons. The lowest BCUT2D eigenvalue weighted by molar-refractivity contribution is -0.147. The van der Waals surface area contributed by atoms with Gasteiger partial charge < -0.3 is 9.64 Å². The van der Waals surface area contributed by atoms with E-state index < -0.39 is 5.97 Å². The number of carbonyl (C=O) groups excluding carboxylic acids is 2. The van der Waals surface area contributed by atoms with Crippen LogP contribution in [0.2, 0.25) is 5.15 Å². The number of amides is 1. The van der Waals surface area contributed by atoms with E-state index in [0.29, 0.717) is 30.0 Å². The highest BCUT2D eigenvalue weighted by Crippen LogP contribution is 2.24. The summed E-state index contributed by atoms with van der Waals surface area (Å²) in [5.74, 6) is -1.33. The van der Waals surface area contributed by atoms with Gasteiger partial charge in [0.1, 0.15) is 11.0 Å². The Morgan fingerprint density at radius 2 is 2.00 bits per heavy atom. The smallest absolute Gasteiger partial charge is 0.331 e. The van der Waals surface area contributed by atoms with Crippen molar-refractivity contribution in [2.75, 3.05) is 19.7 Å². The van der Waals surface area contributed by atoms with Gasteiger partial charge in [-0.15, -0.1) is 0 Å². The van der Waals surface area contributed by atoms with Gasteiger partial charge in [-0.2, -0.15) is 5.10 Å². The molecule has 0 saturated heterocycles. The quantitative estimate of drug-likeness (QED) is 0.369. The molecule has 29 heavy (non-hydrogen) atoms. The normalized spacial score (nSPS) is 10.9. The number of hydrogen-bond donors (Lipinski definition) is 0. The lowest BCUT2D eigenvalue weighted by Crippen LogP contribution is -2.35. The first-order valence-corrected chi connectivity index (χ1v) is 9.38. The van der Waals surface area contributed by atoms with Crippen molar-refractivity contribution in [2.24, 2.45) is 0 Å². The van der Waals surface area contributed by atoms with Crippen LogP contribution in [0.3, 0.4) is 0 Å². The molecule has 1 heterocycles. The second kappa shape index (κ2) is 10.0. The number of aromatic nitrogens is 2. The number of esters is 1. The molecule has 8 heteroatoms. The van der Waals surface area contributed by atoms with Crippen LogP contribution in [0.5, 0.6) is 0 Å². The highest BCUT2D eigenvalue weighted by atomic mass is 35.5. The van der Waals surface area contributed by atoms with Crippen LogP contribution in [-0.4, -0.2) is 46.3 Å². The van der Waals surface area contributed by atoms with Gasteiger partial charge in [0.25, 0.3) is 5.91 Å². The Morgan fingerprint density at radius 3 is 2.59 bits per heavy atom. The third-order valence-corrected chi connectivity index (χ3v) is 4.40. The number of rotatable bonds is 8. The van der Waals surface area contributed by atoms with Gasteiger partial charge in [-0.3, -0.25) is 4.79 Å². The van der Waals surface area contributed by atoms with Gasteiger partial charge in [0.2, 0.25) is 0 Å². The molecular formula is C21H23ClFN3O3. The number of hydrogen-bond acceptors (Lipinski definition) is 4. The van der Waals surface area contributed by atoms with Crippen LogP contribution in [0.1, 0.15) is 25.1 Å². The van der Waals surface area contributed by atoms with Crippen LogP contribution in [0, 0.1) is 12.7 Å². The van der Waals surface area contributed by atoms with Crippen molar-refractivity contribution < 1.29 is 18.7 Å². The van der Waals surface area contributed by atoms with E-state index in [1.165, 1.54) is 29.0 Å². The van der Waals surface area contributed by atoms with E-state index in [1.54, 1.807) is 24.0 Å². The van der Waals surface area contributed by atoms with Gasteiger partial charge >= 0.3 is 5.97 Å². The summed E-state index contributed by atoms with van der Waals surface area (Å²) in [5, 5.41) is 4.59. The van der Waals surface area contributed by atoms with E-state index in [4.69, 9.17) is 16.3 Å². The first-order valence-electron chi connectivity index (χ1n) is 9.01. The van der Waals surface area contributed by atoms with Crippen LogP contribution in [-0.2, 0) is 14.3 Å². The Labute approximate surface area is 174 Å². The van der Waals surface area contributed by atoms with E-state index in [2.05, 4.69) is 11.7 Å². The molecule has 0 bridgehead atoms.